The van der Waals surface area contributed by atoms with Gasteiger partial charge in [-0.1, -0.05) is 17.7 Å². The molecule has 0 heterocycles. The van der Waals surface area contributed by atoms with Gasteiger partial charge >= 0.3 is 6.03 Å². The van der Waals surface area contributed by atoms with Gasteiger partial charge in [-0.3, -0.25) is 4.79 Å². The van der Waals surface area contributed by atoms with Gasteiger partial charge in [0.25, 0.3) is 0 Å². The van der Waals surface area contributed by atoms with Crippen molar-refractivity contribution in [1.82, 2.24) is 10.6 Å². The van der Waals surface area contributed by atoms with Gasteiger partial charge in [0.15, 0.2) is 5.82 Å². The van der Waals surface area contributed by atoms with Gasteiger partial charge in [0, 0.05) is 7.05 Å². The normalized spacial score (nSPS) is 9.59. The van der Waals surface area contributed by atoms with Crippen molar-refractivity contribution in [3.63, 3.8) is 0 Å². The van der Waals surface area contributed by atoms with Crippen molar-refractivity contribution >= 4 is 29.2 Å². The topological polar surface area (TPSA) is 70.2 Å². The van der Waals surface area contributed by atoms with E-state index in [1.54, 1.807) is 0 Å². The van der Waals surface area contributed by atoms with Crippen LogP contribution in [0.3, 0.4) is 0 Å². The molecule has 0 aliphatic heterocycles. The number of rotatable bonds is 3. The van der Waals surface area contributed by atoms with Crippen LogP contribution < -0.4 is 16.0 Å². The number of nitrogens with one attached hydrogen (secondary N) is 3. The summed E-state index contributed by atoms with van der Waals surface area (Å²) in [5.41, 5.74) is -0.0492. The van der Waals surface area contributed by atoms with E-state index in [1.807, 2.05) is 0 Å². The molecule has 0 saturated carbocycles. The number of benzene rings is 1. The Kier molecular flexibility index (Phi) is 4.71. The van der Waals surface area contributed by atoms with E-state index >= 15 is 0 Å². The van der Waals surface area contributed by atoms with Gasteiger partial charge in [0.2, 0.25) is 5.91 Å². The molecule has 1 rings (SSSR count). The average Bonchev–Trinajstić information content (AvgIpc) is 2.32. The zero-order valence-electron chi connectivity index (χ0n) is 9.01. The fraction of sp³-hybridized carbons (Fsp3) is 0.200. The molecule has 0 unspecified atom stereocenters. The van der Waals surface area contributed by atoms with Crippen LogP contribution in [0.4, 0.5) is 14.9 Å². The third kappa shape index (κ3) is 3.92. The second kappa shape index (κ2) is 6.05. The fourth-order valence-electron chi connectivity index (χ4n) is 1.02. The van der Waals surface area contributed by atoms with Crippen molar-refractivity contribution in [2.75, 3.05) is 18.9 Å². The molecule has 0 aliphatic carbocycles. The van der Waals surface area contributed by atoms with E-state index in [9.17, 15) is 14.0 Å². The molecule has 0 aromatic heterocycles. The summed E-state index contributed by atoms with van der Waals surface area (Å²) in [5, 5.41) is 6.74. The zero-order valence-corrected chi connectivity index (χ0v) is 9.77. The molecule has 0 aliphatic rings. The Balaban J connectivity index is 2.56. The van der Waals surface area contributed by atoms with Gasteiger partial charge in [0.1, 0.15) is 0 Å². The first-order valence-electron chi connectivity index (χ1n) is 4.74. The van der Waals surface area contributed by atoms with Crippen LogP contribution in [-0.2, 0) is 4.79 Å². The molecule has 92 valence electrons. The summed E-state index contributed by atoms with van der Waals surface area (Å²) in [6.45, 7) is -0.190. The molecule has 17 heavy (non-hydrogen) atoms. The Hall–Kier alpha value is -1.82. The number of carbonyl (C=O) groups is 2. The summed E-state index contributed by atoms with van der Waals surface area (Å²) in [6.07, 6.45) is 0. The summed E-state index contributed by atoms with van der Waals surface area (Å²) in [6, 6.07) is 3.54. The molecule has 1 aromatic rings. The first-order valence-corrected chi connectivity index (χ1v) is 5.12. The van der Waals surface area contributed by atoms with Crippen LogP contribution in [-0.4, -0.2) is 25.5 Å². The predicted molar refractivity (Wildman–Crippen MR) is 62.5 cm³/mol. The third-order valence-corrected chi connectivity index (χ3v) is 2.18. The van der Waals surface area contributed by atoms with Crippen LogP contribution >= 0.6 is 11.6 Å². The van der Waals surface area contributed by atoms with Gasteiger partial charge in [-0.05, 0) is 12.1 Å². The molecular weight excluding hydrogens is 249 g/mol. The lowest BCUT2D eigenvalue weighted by Crippen LogP contribution is -2.37. The number of carbonyl (C=O) groups excluding carboxylic acids is 2. The zero-order chi connectivity index (χ0) is 12.8. The van der Waals surface area contributed by atoms with Gasteiger partial charge in [-0.25, -0.2) is 9.18 Å². The van der Waals surface area contributed by atoms with Crippen LogP contribution in [0.1, 0.15) is 0 Å². The third-order valence-electron chi connectivity index (χ3n) is 1.89. The molecular formula is C10H11ClFN3O2. The molecule has 0 radical (unpaired) electrons. The van der Waals surface area contributed by atoms with Crippen molar-refractivity contribution < 1.29 is 14.0 Å². The lowest BCUT2D eigenvalue weighted by atomic mass is 10.3. The quantitative estimate of drug-likeness (QED) is 0.767. The lowest BCUT2D eigenvalue weighted by molar-refractivity contribution is -0.119. The van der Waals surface area contributed by atoms with Crippen LogP contribution in [0.15, 0.2) is 18.2 Å². The lowest BCUT2D eigenvalue weighted by Gasteiger charge is -2.08. The van der Waals surface area contributed by atoms with E-state index < -0.39 is 11.8 Å². The number of hydrogen-bond acceptors (Lipinski definition) is 2. The monoisotopic (exact) mass is 259 g/mol. The minimum atomic E-state index is -0.718. The first-order chi connectivity index (χ1) is 8.04. The standard InChI is InChI=1S/C10H11ClFN3O2/c1-13-8(16)5-14-10(17)15-7-4-2-3-6(11)9(7)12/h2-4H,5H2,1H3,(H,13,16)(H2,14,15,17). The van der Waals surface area contributed by atoms with Gasteiger partial charge in [-0.15, -0.1) is 0 Å². The number of urea groups is 1. The van der Waals surface area contributed by atoms with Crippen molar-refractivity contribution in [3.8, 4) is 0 Å². The summed E-state index contributed by atoms with van der Waals surface area (Å²) < 4.78 is 13.4. The van der Waals surface area contributed by atoms with Crippen LogP contribution in [0.5, 0.6) is 0 Å². The maximum atomic E-state index is 13.4. The highest BCUT2D eigenvalue weighted by Crippen LogP contribution is 2.21. The van der Waals surface area contributed by atoms with Gasteiger partial charge < -0.3 is 16.0 Å². The number of amides is 3. The number of halogens is 2. The highest BCUT2D eigenvalue weighted by atomic mass is 35.5. The van der Waals surface area contributed by atoms with Gasteiger partial charge in [-0.2, -0.15) is 0 Å². The smallest absolute Gasteiger partial charge is 0.319 e. The fourth-order valence-corrected chi connectivity index (χ4v) is 1.19. The highest BCUT2D eigenvalue weighted by molar-refractivity contribution is 6.31. The summed E-state index contributed by atoms with van der Waals surface area (Å²) >= 11 is 5.54. The van der Waals surface area contributed by atoms with Crippen LogP contribution in [0.25, 0.3) is 0 Å². The van der Waals surface area contributed by atoms with E-state index in [1.165, 1.54) is 25.2 Å². The maximum Gasteiger partial charge on any atom is 0.319 e. The SMILES string of the molecule is CNC(=O)CNC(=O)Nc1cccc(Cl)c1F. The Morgan fingerprint density at radius 3 is 2.76 bits per heavy atom. The van der Waals surface area contributed by atoms with Crippen LogP contribution in [0.2, 0.25) is 5.02 Å². The van der Waals surface area contributed by atoms with Crippen molar-refractivity contribution in [2.24, 2.45) is 0 Å². The number of anilines is 1. The largest absolute Gasteiger partial charge is 0.358 e. The molecule has 0 atom stereocenters. The van der Waals surface area contributed by atoms with Crippen molar-refractivity contribution in [2.45, 2.75) is 0 Å². The maximum absolute atomic E-state index is 13.4. The Bertz CT molecular complexity index is 440. The molecule has 3 amide bonds. The van der Waals surface area contributed by atoms with E-state index in [2.05, 4.69) is 16.0 Å². The molecule has 0 saturated heterocycles. The second-order valence-electron chi connectivity index (χ2n) is 3.08. The summed E-state index contributed by atoms with van der Waals surface area (Å²) in [7, 11) is 1.44. The first kappa shape index (κ1) is 13.2. The van der Waals surface area contributed by atoms with E-state index in [0.717, 1.165) is 0 Å². The van der Waals surface area contributed by atoms with Gasteiger partial charge in [0.05, 0.1) is 17.3 Å². The molecule has 5 nitrogen and oxygen atoms in total. The second-order valence-corrected chi connectivity index (χ2v) is 3.49. The highest BCUT2D eigenvalue weighted by Gasteiger charge is 2.09. The van der Waals surface area contributed by atoms with E-state index in [0.29, 0.717) is 0 Å². The predicted octanol–water partition coefficient (Wildman–Crippen LogP) is 1.35. The van der Waals surface area contributed by atoms with E-state index in [4.69, 9.17) is 11.6 Å². The summed E-state index contributed by atoms with van der Waals surface area (Å²) in [4.78, 5) is 22.1. The van der Waals surface area contributed by atoms with Crippen molar-refractivity contribution in [3.05, 3.63) is 29.0 Å². The summed E-state index contributed by atoms with van der Waals surface area (Å²) in [5.74, 6) is -1.07. The minimum Gasteiger partial charge on any atom is -0.358 e. The molecule has 0 spiro atoms. The molecule has 3 N–H and O–H groups in total. The number of likely N-dealkylation sites (N-methyl/N-ethyl adjacent to an activating group) is 1. The Labute approximate surface area is 102 Å². The Morgan fingerprint density at radius 2 is 2.12 bits per heavy atom. The number of hydrogen-bond donors (Lipinski definition) is 3. The minimum absolute atomic E-state index is 0.0492. The van der Waals surface area contributed by atoms with E-state index in [-0.39, 0.29) is 23.2 Å². The Morgan fingerprint density at radius 1 is 1.41 bits per heavy atom. The molecule has 1 aromatic carbocycles. The van der Waals surface area contributed by atoms with Crippen molar-refractivity contribution in [1.29, 1.82) is 0 Å². The molecule has 7 heteroatoms. The molecule has 0 bridgehead atoms. The molecule has 0 fully saturated rings. The van der Waals surface area contributed by atoms with Crippen LogP contribution in [0, 0.1) is 5.82 Å². The average molecular weight is 260 g/mol.